The molecule has 116 valence electrons. The minimum Gasteiger partial charge on any atom is -0.315 e. The average molecular weight is 293 g/mol. The summed E-state index contributed by atoms with van der Waals surface area (Å²) in [5.41, 5.74) is 0.749. The second-order valence-electron chi connectivity index (χ2n) is 5.53. The van der Waals surface area contributed by atoms with Crippen LogP contribution in [-0.4, -0.2) is 50.1 Å². The third-order valence-corrected chi connectivity index (χ3v) is 4.03. The van der Waals surface area contributed by atoms with E-state index in [2.05, 4.69) is 10.2 Å². The summed E-state index contributed by atoms with van der Waals surface area (Å²) in [6.07, 6.45) is 2.28. The molecule has 4 nitrogen and oxygen atoms in total. The predicted molar refractivity (Wildman–Crippen MR) is 82.9 cm³/mol. The zero-order chi connectivity index (χ0) is 15.2. The van der Waals surface area contributed by atoms with Crippen LogP contribution < -0.4 is 10.2 Å². The lowest BCUT2D eigenvalue weighted by Gasteiger charge is -2.32. The van der Waals surface area contributed by atoms with Crippen molar-refractivity contribution in [2.45, 2.75) is 25.8 Å². The normalized spacial score (nSPS) is 18.8. The van der Waals surface area contributed by atoms with Crippen molar-refractivity contribution in [2.75, 3.05) is 38.1 Å². The monoisotopic (exact) mass is 293 g/mol. The van der Waals surface area contributed by atoms with E-state index in [-0.39, 0.29) is 11.7 Å². The Morgan fingerprint density at radius 3 is 2.67 bits per heavy atom. The molecular weight excluding hydrogens is 269 g/mol. The molecule has 0 spiro atoms. The number of hydrogen-bond acceptors (Lipinski definition) is 3. The number of likely N-dealkylation sites (N-methyl/N-ethyl adjacent to an activating group) is 2. The maximum Gasteiger partial charge on any atom is 0.241 e. The van der Waals surface area contributed by atoms with Crippen molar-refractivity contribution in [2.24, 2.45) is 0 Å². The Labute approximate surface area is 125 Å². The molecule has 1 fully saturated rings. The quantitative estimate of drug-likeness (QED) is 0.900. The Bertz CT molecular complexity index is 457. The summed E-state index contributed by atoms with van der Waals surface area (Å²) in [5.74, 6) is -0.232. The SMILES string of the molecule is CCN(C(=O)CN(C)C1CCCNC1)c1ccc(F)cc1. The van der Waals surface area contributed by atoms with Gasteiger partial charge in [0, 0.05) is 24.8 Å². The van der Waals surface area contributed by atoms with Crippen LogP contribution in [0.2, 0.25) is 0 Å². The van der Waals surface area contributed by atoms with Gasteiger partial charge in [-0.3, -0.25) is 9.69 Å². The number of anilines is 1. The van der Waals surface area contributed by atoms with Gasteiger partial charge in [-0.2, -0.15) is 0 Å². The van der Waals surface area contributed by atoms with Crippen LogP contribution in [0.1, 0.15) is 19.8 Å². The third-order valence-electron chi connectivity index (χ3n) is 4.03. The Kier molecular flexibility index (Phi) is 5.70. The van der Waals surface area contributed by atoms with Gasteiger partial charge in [-0.1, -0.05) is 0 Å². The van der Waals surface area contributed by atoms with Crippen LogP contribution in [0.15, 0.2) is 24.3 Å². The highest BCUT2D eigenvalue weighted by molar-refractivity contribution is 5.94. The lowest BCUT2D eigenvalue weighted by Crippen LogP contribution is -2.48. The number of piperidine rings is 1. The van der Waals surface area contributed by atoms with Gasteiger partial charge in [-0.25, -0.2) is 4.39 Å². The first-order valence-corrected chi connectivity index (χ1v) is 7.58. The standard InChI is InChI=1S/C16H24FN3O/c1-3-20(14-8-6-13(17)7-9-14)16(21)12-19(2)15-5-4-10-18-11-15/h6-9,15,18H,3-5,10-12H2,1-2H3. The number of carbonyl (C=O) groups excluding carboxylic acids is 1. The van der Waals surface area contributed by atoms with Crippen molar-refractivity contribution in [1.82, 2.24) is 10.2 Å². The first-order valence-electron chi connectivity index (χ1n) is 7.58. The largest absolute Gasteiger partial charge is 0.315 e. The highest BCUT2D eigenvalue weighted by Gasteiger charge is 2.22. The van der Waals surface area contributed by atoms with Crippen LogP contribution in [0.5, 0.6) is 0 Å². The number of nitrogens with one attached hydrogen (secondary N) is 1. The second-order valence-corrected chi connectivity index (χ2v) is 5.53. The number of carbonyl (C=O) groups is 1. The minimum atomic E-state index is -0.285. The van der Waals surface area contributed by atoms with E-state index in [1.54, 1.807) is 17.0 Å². The molecule has 1 aliphatic heterocycles. The van der Waals surface area contributed by atoms with E-state index < -0.39 is 0 Å². The maximum atomic E-state index is 13.0. The van der Waals surface area contributed by atoms with Crippen molar-refractivity contribution in [3.63, 3.8) is 0 Å². The third kappa shape index (κ3) is 4.25. The van der Waals surface area contributed by atoms with Gasteiger partial charge in [0.15, 0.2) is 0 Å². The van der Waals surface area contributed by atoms with Crippen molar-refractivity contribution in [3.05, 3.63) is 30.1 Å². The predicted octanol–water partition coefficient (Wildman–Crippen LogP) is 1.86. The summed E-state index contributed by atoms with van der Waals surface area (Å²) in [6, 6.07) is 6.49. The van der Waals surface area contributed by atoms with Crippen LogP contribution in [0.25, 0.3) is 0 Å². The van der Waals surface area contributed by atoms with Crippen LogP contribution in [0.4, 0.5) is 10.1 Å². The molecule has 0 radical (unpaired) electrons. The molecule has 1 N–H and O–H groups in total. The highest BCUT2D eigenvalue weighted by atomic mass is 19.1. The van der Waals surface area contributed by atoms with Crippen molar-refractivity contribution < 1.29 is 9.18 Å². The smallest absolute Gasteiger partial charge is 0.241 e. The molecule has 1 aliphatic rings. The zero-order valence-corrected chi connectivity index (χ0v) is 12.8. The molecule has 1 aromatic rings. The minimum absolute atomic E-state index is 0.0529. The Morgan fingerprint density at radius 2 is 2.10 bits per heavy atom. The lowest BCUT2D eigenvalue weighted by molar-refractivity contribution is -0.120. The van der Waals surface area contributed by atoms with Gasteiger partial charge >= 0.3 is 0 Å². The van der Waals surface area contributed by atoms with Gasteiger partial charge < -0.3 is 10.2 Å². The first-order chi connectivity index (χ1) is 10.1. The number of halogens is 1. The summed E-state index contributed by atoms with van der Waals surface area (Å²) >= 11 is 0. The van der Waals surface area contributed by atoms with E-state index in [1.807, 2.05) is 14.0 Å². The van der Waals surface area contributed by atoms with Gasteiger partial charge in [0.25, 0.3) is 0 Å². The van der Waals surface area contributed by atoms with Crippen molar-refractivity contribution in [1.29, 1.82) is 0 Å². The number of nitrogens with zero attached hydrogens (tertiary/aromatic N) is 2. The van der Waals surface area contributed by atoms with E-state index in [4.69, 9.17) is 0 Å². The first kappa shape index (κ1) is 15.9. The molecule has 0 bridgehead atoms. The van der Waals surface area contributed by atoms with Gasteiger partial charge in [-0.15, -0.1) is 0 Å². The summed E-state index contributed by atoms with van der Waals surface area (Å²) in [7, 11) is 1.99. The molecule has 1 unspecified atom stereocenters. The molecule has 2 rings (SSSR count). The molecule has 0 aliphatic carbocycles. The van der Waals surface area contributed by atoms with Gasteiger partial charge in [0.2, 0.25) is 5.91 Å². The van der Waals surface area contributed by atoms with Crippen molar-refractivity contribution >= 4 is 11.6 Å². The highest BCUT2D eigenvalue weighted by Crippen LogP contribution is 2.16. The van der Waals surface area contributed by atoms with Gasteiger partial charge in [0.05, 0.1) is 6.54 Å². The number of amides is 1. The molecule has 0 saturated carbocycles. The van der Waals surface area contributed by atoms with Crippen LogP contribution >= 0.6 is 0 Å². The van der Waals surface area contributed by atoms with Crippen LogP contribution in [-0.2, 0) is 4.79 Å². The second kappa shape index (κ2) is 7.52. The van der Waals surface area contributed by atoms with Gasteiger partial charge in [-0.05, 0) is 57.6 Å². The number of hydrogen-bond donors (Lipinski definition) is 1. The molecule has 1 atom stereocenters. The van der Waals surface area contributed by atoms with E-state index >= 15 is 0 Å². The summed E-state index contributed by atoms with van der Waals surface area (Å²) in [5, 5.41) is 3.36. The Hall–Kier alpha value is -1.46. The van der Waals surface area contributed by atoms with Crippen LogP contribution in [0, 0.1) is 5.82 Å². The molecule has 1 amide bonds. The fourth-order valence-corrected chi connectivity index (χ4v) is 2.76. The van der Waals surface area contributed by atoms with Crippen LogP contribution in [0.3, 0.4) is 0 Å². The Balaban J connectivity index is 1.97. The molecular formula is C16H24FN3O. The topological polar surface area (TPSA) is 35.6 Å². The molecule has 1 aromatic carbocycles. The molecule has 1 heterocycles. The molecule has 5 heteroatoms. The lowest BCUT2D eigenvalue weighted by atomic mass is 10.1. The number of benzene rings is 1. The number of rotatable bonds is 5. The summed E-state index contributed by atoms with van der Waals surface area (Å²) in [6.45, 7) is 4.91. The summed E-state index contributed by atoms with van der Waals surface area (Å²) in [4.78, 5) is 16.3. The molecule has 0 aromatic heterocycles. The fourth-order valence-electron chi connectivity index (χ4n) is 2.76. The summed E-state index contributed by atoms with van der Waals surface area (Å²) < 4.78 is 13.0. The van der Waals surface area contributed by atoms with E-state index in [1.165, 1.54) is 12.1 Å². The Morgan fingerprint density at radius 1 is 1.38 bits per heavy atom. The van der Waals surface area contributed by atoms with E-state index in [0.717, 1.165) is 31.6 Å². The van der Waals surface area contributed by atoms with E-state index in [9.17, 15) is 9.18 Å². The fraction of sp³-hybridized carbons (Fsp3) is 0.562. The van der Waals surface area contributed by atoms with Gasteiger partial charge in [0.1, 0.15) is 5.82 Å². The molecule has 21 heavy (non-hydrogen) atoms. The zero-order valence-electron chi connectivity index (χ0n) is 12.8. The molecule has 1 saturated heterocycles. The van der Waals surface area contributed by atoms with E-state index in [0.29, 0.717) is 19.1 Å². The average Bonchev–Trinajstić information content (AvgIpc) is 2.50. The maximum absolute atomic E-state index is 13.0. The van der Waals surface area contributed by atoms with Crippen molar-refractivity contribution in [3.8, 4) is 0 Å².